The van der Waals surface area contributed by atoms with E-state index in [9.17, 15) is 0 Å². The largest absolute Gasteiger partial charge is 0.369 e. The molecule has 0 amide bonds. The Hall–Kier alpha value is -1.02. The van der Waals surface area contributed by atoms with Crippen molar-refractivity contribution in [3.63, 3.8) is 0 Å². The molecule has 1 aliphatic rings. The summed E-state index contributed by atoms with van der Waals surface area (Å²) in [7, 11) is 2.02. The van der Waals surface area contributed by atoms with Crippen molar-refractivity contribution >= 4 is 5.69 Å². The number of nitrogens with zero attached hydrogens (tertiary/aromatic N) is 1. The van der Waals surface area contributed by atoms with Crippen LogP contribution in [0.1, 0.15) is 37.8 Å². The topological polar surface area (TPSA) is 15.3 Å². The van der Waals surface area contributed by atoms with E-state index in [0.29, 0.717) is 6.04 Å². The van der Waals surface area contributed by atoms with Crippen LogP contribution in [0.15, 0.2) is 18.2 Å². The lowest BCUT2D eigenvalue weighted by atomic mass is 10.1. The quantitative estimate of drug-likeness (QED) is 0.828. The maximum absolute atomic E-state index is 3.29. The molecule has 2 heteroatoms. The molecule has 100 valence electrons. The van der Waals surface area contributed by atoms with Gasteiger partial charge in [0.25, 0.3) is 0 Å². The highest BCUT2D eigenvalue weighted by molar-refractivity contribution is 5.55. The van der Waals surface area contributed by atoms with Gasteiger partial charge in [0.1, 0.15) is 0 Å². The third-order valence-corrected chi connectivity index (χ3v) is 3.69. The van der Waals surface area contributed by atoms with Crippen molar-refractivity contribution in [3.05, 3.63) is 29.3 Å². The van der Waals surface area contributed by atoms with Crippen LogP contribution >= 0.6 is 0 Å². The van der Waals surface area contributed by atoms with Crippen molar-refractivity contribution in [1.82, 2.24) is 5.32 Å². The molecule has 1 fully saturated rings. The van der Waals surface area contributed by atoms with E-state index in [1.165, 1.54) is 36.2 Å². The van der Waals surface area contributed by atoms with E-state index in [0.717, 1.165) is 12.5 Å². The fourth-order valence-corrected chi connectivity index (χ4v) is 2.49. The molecule has 1 N–H and O–H groups in total. The van der Waals surface area contributed by atoms with E-state index < -0.39 is 0 Å². The molecular formula is C16H26N2. The van der Waals surface area contributed by atoms with Crippen LogP contribution in [0.25, 0.3) is 0 Å². The summed E-state index contributed by atoms with van der Waals surface area (Å²) in [5, 5.41) is 3.29. The molecular weight excluding hydrogens is 220 g/mol. The lowest BCUT2D eigenvalue weighted by Gasteiger charge is -2.31. The maximum atomic E-state index is 3.29. The molecule has 0 aromatic heterocycles. The van der Waals surface area contributed by atoms with Gasteiger partial charge in [0.15, 0.2) is 0 Å². The molecule has 0 atom stereocenters. The van der Waals surface area contributed by atoms with Gasteiger partial charge < -0.3 is 10.2 Å². The number of hydrogen-bond donors (Lipinski definition) is 1. The van der Waals surface area contributed by atoms with E-state index in [2.05, 4.69) is 49.2 Å². The lowest BCUT2D eigenvalue weighted by Crippen LogP contribution is -2.34. The normalized spacial score (nSPS) is 15.2. The Morgan fingerprint density at radius 1 is 1.33 bits per heavy atom. The van der Waals surface area contributed by atoms with Crippen LogP contribution in [0.3, 0.4) is 0 Å². The second kappa shape index (κ2) is 5.75. The molecule has 0 spiro atoms. The first-order chi connectivity index (χ1) is 8.61. The maximum Gasteiger partial charge on any atom is 0.0414 e. The number of anilines is 1. The van der Waals surface area contributed by atoms with E-state index in [4.69, 9.17) is 0 Å². The summed E-state index contributed by atoms with van der Waals surface area (Å²) in [5.74, 6) is 0.927. The molecule has 0 bridgehead atoms. The Balaban J connectivity index is 2.26. The van der Waals surface area contributed by atoms with E-state index in [1.54, 1.807) is 0 Å². The third kappa shape index (κ3) is 3.26. The highest BCUT2D eigenvalue weighted by atomic mass is 15.2. The van der Waals surface area contributed by atoms with Gasteiger partial charge in [0.05, 0.1) is 0 Å². The Morgan fingerprint density at radius 3 is 2.61 bits per heavy atom. The second-order valence-electron chi connectivity index (χ2n) is 5.85. The molecule has 1 aromatic rings. The van der Waals surface area contributed by atoms with Gasteiger partial charge in [0, 0.05) is 24.8 Å². The molecule has 0 saturated heterocycles. The summed E-state index contributed by atoms with van der Waals surface area (Å²) < 4.78 is 0. The minimum Gasteiger partial charge on any atom is -0.369 e. The summed E-state index contributed by atoms with van der Waals surface area (Å²) in [6.45, 7) is 8.93. The van der Waals surface area contributed by atoms with Crippen molar-refractivity contribution in [1.29, 1.82) is 0 Å². The minimum absolute atomic E-state index is 0.573. The van der Waals surface area contributed by atoms with Crippen LogP contribution in [0.4, 0.5) is 5.69 Å². The van der Waals surface area contributed by atoms with Gasteiger partial charge >= 0.3 is 0 Å². The molecule has 0 aliphatic heterocycles. The van der Waals surface area contributed by atoms with E-state index in [-0.39, 0.29) is 0 Å². The summed E-state index contributed by atoms with van der Waals surface area (Å²) in [6, 6.07) is 7.42. The van der Waals surface area contributed by atoms with Gasteiger partial charge in [-0.25, -0.2) is 0 Å². The number of aryl methyl sites for hydroxylation is 1. The zero-order chi connectivity index (χ0) is 13.1. The number of hydrogen-bond acceptors (Lipinski definition) is 2. The minimum atomic E-state index is 0.573. The van der Waals surface area contributed by atoms with Crippen molar-refractivity contribution in [2.24, 2.45) is 5.92 Å². The Morgan fingerprint density at radius 2 is 2.06 bits per heavy atom. The van der Waals surface area contributed by atoms with Gasteiger partial charge in [0.2, 0.25) is 0 Å². The lowest BCUT2D eigenvalue weighted by molar-refractivity contribution is 0.639. The van der Waals surface area contributed by atoms with Crippen LogP contribution in [-0.4, -0.2) is 19.6 Å². The third-order valence-electron chi connectivity index (χ3n) is 3.69. The van der Waals surface area contributed by atoms with Crippen molar-refractivity contribution < 1.29 is 0 Å². The van der Waals surface area contributed by atoms with E-state index >= 15 is 0 Å². The summed E-state index contributed by atoms with van der Waals surface area (Å²) in [4.78, 5) is 2.57. The number of rotatable bonds is 6. The molecule has 18 heavy (non-hydrogen) atoms. The standard InChI is InChI=1S/C16H26N2/c1-12(2)18(11-14-6-7-14)16-8-5-13(3)9-15(16)10-17-4/h5,8-9,12,14,17H,6-7,10-11H2,1-4H3. The summed E-state index contributed by atoms with van der Waals surface area (Å²) >= 11 is 0. The molecule has 0 heterocycles. The Bertz CT molecular complexity index is 394. The highest BCUT2D eigenvalue weighted by Crippen LogP contribution is 2.33. The van der Waals surface area contributed by atoms with Crippen LogP contribution < -0.4 is 10.2 Å². The molecule has 0 unspecified atom stereocenters. The predicted molar refractivity (Wildman–Crippen MR) is 79.1 cm³/mol. The van der Waals surface area contributed by atoms with Gasteiger partial charge in [-0.2, -0.15) is 0 Å². The first-order valence-electron chi connectivity index (χ1n) is 7.12. The van der Waals surface area contributed by atoms with Gasteiger partial charge in [-0.1, -0.05) is 17.7 Å². The van der Waals surface area contributed by atoms with Gasteiger partial charge in [-0.3, -0.25) is 0 Å². The van der Waals surface area contributed by atoms with Crippen molar-refractivity contribution in [2.75, 3.05) is 18.5 Å². The van der Waals surface area contributed by atoms with Gasteiger partial charge in [-0.05, 0) is 58.2 Å². The zero-order valence-corrected chi connectivity index (χ0v) is 12.2. The SMILES string of the molecule is CNCc1cc(C)ccc1N(CC1CC1)C(C)C. The molecule has 1 aliphatic carbocycles. The van der Waals surface area contributed by atoms with Crippen molar-refractivity contribution in [3.8, 4) is 0 Å². The average molecular weight is 246 g/mol. The molecule has 1 saturated carbocycles. The fraction of sp³-hybridized carbons (Fsp3) is 0.625. The molecule has 0 radical (unpaired) electrons. The monoisotopic (exact) mass is 246 g/mol. The summed E-state index contributed by atoms with van der Waals surface area (Å²) in [5.41, 5.74) is 4.18. The predicted octanol–water partition coefficient (Wildman–Crippen LogP) is 3.34. The average Bonchev–Trinajstić information content (AvgIpc) is 3.11. The van der Waals surface area contributed by atoms with E-state index in [1.807, 2.05) is 7.05 Å². The smallest absolute Gasteiger partial charge is 0.0414 e. The second-order valence-corrected chi connectivity index (χ2v) is 5.85. The van der Waals surface area contributed by atoms with Crippen LogP contribution in [-0.2, 0) is 6.54 Å². The molecule has 2 rings (SSSR count). The Labute approximate surface area is 111 Å². The first-order valence-corrected chi connectivity index (χ1v) is 7.12. The number of benzene rings is 1. The number of nitrogens with one attached hydrogen (secondary N) is 1. The van der Waals surface area contributed by atoms with Gasteiger partial charge in [-0.15, -0.1) is 0 Å². The Kier molecular flexibility index (Phi) is 4.28. The van der Waals surface area contributed by atoms with Crippen molar-refractivity contribution in [2.45, 2.75) is 46.2 Å². The highest BCUT2D eigenvalue weighted by Gasteiger charge is 2.26. The molecule has 1 aromatic carbocycles. The zero-order valence-electron chi connectivity index (χ0n) is 12.2. The van der Waals surface area contributed by atoms with Crippen LogP contribution in [0.5, 0.6) is 0 Å². The summed E-state index contributed by atoms with van der Waals surface area (Å²) in [6.07, 6.45) is 2.83. The fourth-order valence-electron chi connectivity index (χ4n) is 2.49. The van der Waals surface area contributed by atoms with Crippen LogP contribution in [0, 0.1) is 12.8 Å². The molecule has 2 nitrogen and oxygen atoms in total. The van der Waals surface area contributed by atoms with Crippen LogP contribution in [0.2, 0.25) is 0 Å². The first kappa shape index (κ1) is 13.4.